The lowest BCUT2D eigenvalue weighted by atomic mass is 10.1. The van der Waals surface area contributed by atoms with E-state index in [1.165, 1.54) is 17.4 Å². The first-order valence-corrected chi connectivity index (χ1v) is 6.55. The van der Waals surface area contributed by atoms with Gasteiger partial charge in [-0.2, -0.15) is 0 Å². The maximum Gasteiger partial charge on any atom is 0.166 e. The van der Waals surface area contributed by atoms with Gasteiger partial charge in [-0.25, -0.2) is 20.2 Å². The molecule has 0 fully saturated rings. The van der Waals surface area contributed by atoms with Crippen LogP contribution in [0.25, 0.3) is 21.6 Å². The van der Waals surface area contributed by atoms with Gasteiger partial charge in [-0.1, -0.05) is 6.07 Å². The van der Waals surface area contributed by atoms with Crippen LogP contribution in [0.1, 0.15) is 5.56 Å². The minimum Gasteiger partial charge on any atom is -0.308 e. The van der Waals surface area contributed by atoms with Gasteiger partial charge in [-0.15, -0.1) is 11.3 Å². The Balaban J connectivity index is 2.24. The first-order valence-electron chi connectivity index (χ1n) is 5.67. The summed E-state index contributed by atoms with van der Waals surface area (Å²) in [6.07, 6.45) is 0. The highest BCUT2D eigenvalue weighted by Gasteiger charge is 2.12. The molecule has 3 aromatic rings. The average Bonchev–Trinajstić information content (AvgIpc) is 2.85. The fourth-order valence-electron chi connectivity index (χ4n) is 1.89. The number of halogens is 1. The van der Waals surface area contributed by atoms with Crippen LogP contribution in [0, 0.1) is 12.7 Å². The highest BCUT2D eigenvalue weighted by molar-refractivity contribution is 7.16. The standard InChI is InChI=1S/C13H11FN4S/c1-7-2-3-8(10(14)6-7)11-16-12(18-15)9-4-5-19-13(9)17-11/h2-6H,15H2,1H3,(H,16,17,18). The summed E-state index contributed by atoms with van der Waals surface area (Å²) in [7, 11) is 0. The van der Waals surface area contributed by atoms with Gasteiger partial charge in [-0.3, -0.25) is 0 Å². The number of benzene rings is 1. The molecule has 0 atom stereocenters. The number of hydrazine groups is 1. The molecular weight excluding hydrogens is 263 g/mol. The Hall–Kier alpha value is -2.05. The van der Waals surface area contributed by atoms with Crippen molar-refractivity contribution in [2.75, 3.05) is 5.43 Å². The van der Waals surface area contributed by atoms with E-state index in [2.05, 4.69) is 15.4 Å². The minimum atomic E-state index is -0.334. The van der Waals surface area contributed by atoms with Crippen LogP contribution in [0.3, 0.4) is 0 Å². The SMILES string of the molecule is Cc1ccc(-c2nc(NN)c3ccsc3n2)c(F)c1. The Labute approximate surface area is 113 Å². The molecule has 6 heteroatoms. The maximum atomic E-state index is 14.0. The molecule has 19 heavy (non-hydrogen) atoms. The van der Waals surface area contributed by atoms with Crippen molar-refractivity contribution in [3.05, 3.63) is 41.0 Å². The Morgan fingerprint density at radius 1 is 1.26 bits per heavy atom. The highest BCUT2D eigenvalue weighted by atomic mass is 32.1. The van der Waals surface area contributed by atoms with E-state index >= 15 is 0 Å². The second-order valence-corrected chi connectivity index (χ2v) is 5.06. The zero-order chi connectivity index (χ0) is 13.4. The number of hydrogen-bond acceptors (Lipinski definition) is 5. The normalized spacial score (nSPS) is 10.9. The topological polar surface area (TPSA) is 63.8 Å². The molecule has 0 radical (unpaired) electrons. The third-order valence-corrected chi connectivity index (χ3v) is 3.63. The van der Waals surface area contributed by atoms with Crippen molar-refractivity contribution in [2.24, 2.45) is 5.84 Å². The van der Waals surface area contributed by atoms with E-state index in [1.54, 1.807) is 6.07 Å². The molecule has 3 rings (SSSR count). The van der Waals surface area contributed by atoms with Gasteiger partial charge >= 0.3 is 0 Å². The van der Waals surface area contributed by atoms with E-state index in [1.807, 2.05) is 24.4 Å². The second-order valence-electron chi connectivity index (χ2n) is 4.16. The lowest BCUT2D eigenvalue weighted by Crippen LogP contribution is -2.10. The molecule has 96 valence electrons. The van der Waals surface area contributed by atoms with Crippen LogP contribution >= 0.6 is 11.3 Å². The van der Waals surface area contributed by atoms with Crippen molar-refractivity contribution in [1.29, 1.82) is 0 Å². The summed E-state index contributed by atoms with van der Waals surface area (Å²) < 4.78 is 14.0. The molecule has 2 heterocycles. The van der Waals surface area contributed by atoms with Gasteiger partial charge in [0, 0.05) is 0 Å². The Morgan fingerprint density at radius 3 is 2.84 bits per heavy atom. The number of nitrogens with two attached hydrogens (primary N) is 1. The summed E-state index contributed by atoms with van der Waals surface area (Å²) in [6.45, 7) is 1.84. The largest absolute Gasteiger partial charge is 0.308 e. The first-order chi connectivity index (χ1) is 9.19. The molecule has 0 amide bonds. The number of nitrogens with zero attached hydrogens (tertiary/aromatic N) is 2. The number of fused-ring (bicyclic) bond motifs is 1. The van der Waals surface area contributed by atoms with Crippen molar-refractivity contribution in [3.8, 4) is 11.4 Å². The minimum absolute atomic E-state index is 0.334. The predicted octanol–water partition coefficient (Wildman–Crippen LogP) is 3.09. The maximum absolute atomic E-state index is 14.0. The molecular formula is C13H11FN4S. The smallest absolute Gasteiger partial charge is 0.166 e. The molecule has 0 aliphatic rings. The van der Waals surface area contributed by atoms with E-state index in [0.717, 1.165) is 15.8 Å². The summed E-state index contributed by atoms with van der Waals surface area (Å²) in [6, 6.07) is 6.85. The molecule has 2 aromatic heterocycles. The van der Waals surface area contributed by atoms with Crippen LogP contribution in [-0.4, -0.2) is 9.97 Å². The Bertz CT molecular complexity index is 753. The van der Waals surface area contributed by atoms with Crippen LogP contribution in [0.2, 0.25) is 0 Å². The molecule has 0 unspecified atom stereocenters. The second kappa shape index (κ2) is 4.56. The van der Waals surface area contributed by atoms with Crippen LogP contribution in [0.15, 0.2) is 29.6 Å². The van der Waals surface area contributed by atoms with Gasteiger partial charge in [0.05, 0.1) is 10.9 Å². The van der Waals surface area contributed by atoms with Crippen LogP contribution in [-0.2, 0) is 0 Å². The van der Waals surface area contributed by atoms with Gasteiger partial charge in [-0.05, 0) is 36.1 Å². The summed E-state index contributed by atoms with van der Waals surface area (Å²) in [5.74, 6) is 5.96. The molecule has 0 saturated carbocycles. The van der Waals surface area contributed by atoms with Crippen LogP contribution in [0.5, 0.6) is 0 Å². The van der Waals surface area contributed by atoms with Crippen molar-refractivity contribution in [2.45, 2.75) is 6.92 Å². The van der Waals surface area contributed by atoms with Gasteiger partial charge in [0.15, 0.2) is 11.6 Å². The molecule has 0 aliphatic heterocycles. The monoisotopic (exact) mass is 274 g/mol. The van der Waals surface area contributed by atoms with Crippen LogP contribution in [0.4, 0.5) is 10.2 Å². The number of aromatic nitrogens is 2. The lowest BCUT2D eigenvalue weighted by Gasteiger charge is -2.06. The van der Waals surface area contributed by atoms with E-state index < -0.39 is 0 Å². The van der Waals surface area contributed by atoms with Crippen molar-refractivity contribution >= 4 is 27.4 Å². The van der Waals surface area contributed by atoms with Gasteiger partial charge in [0.2, 0.25) is 0 Å². The molecule has 3 N–H and O–H groups in total. The molecule has 0 aliphatic carbocycles. The zero-order valence-electron chi connectivity index (χ0n) is 10.1. The number of nitrogens with one attached hydrogen (secondary N) is 1. The highest BCUT2D eigenvalue weighted by Crippen LogP contribution is 2.29. The number of rotatable bonds is 2. The van der Waals surface area contributed by atoms with Gasteiger partial charge < -0.3 is 5.43 Å². The van der Waals surface area contributed by atoms with Gasteiger partial charge in [0.1, 0.15) is 10.6 Å². The van der Waals surface area contributed by atoms with E-state index in [-0.39, 0.29) is 5.82 Å². The van der Waals surface area contributed by atoms with Gasteiger partial charge in [0.25, 0.3) is 0 Å². The van der Waals surface area contributed by atoms with E-state index in [9.17, 15) is 4.39 Å². The van der Waals surface area contributed by atoms with Crippen molar-refractivity contribution in [3.63, 3.8) is 0 Å². The molecule has 4 nitrogen and oxygen atoms in total. The number of thiophene rings is 1. The van der Waals surface area contributed by atoms with Crippen molar-refractivity contribution in [1.82, 2.24) is 9.97 Å². The fourth-order valence-corrected chi connectivity index (χ4v) is 2.65. The number of anilines is 1. The number of aryl methyl sites for hydroxylation is 1. The summed E-state index contributed by atoms with van der Waals surface area (Å²) in [5, 5.41) is 2.74. The Kier molecular flexibility index (Phi) is 2.88. The lowest BCUT2D eigenvalue weighted by molar-refractivity contribution is 0.629. The third-order valence-electron chi connectivity index (χ3n) is 2.83. The first kappa shape index (κ1) is 12.0. The zero-order valence-corrected chi connectivity index (χ0v) is 11.0. The quantitative estimate of drug-likeness (QED) is 0.557. The third kappa shape index (κ3) is 2.05. The molecule has 0 saturated heterocycles. The molecule has 0 spiro atoms. The molecule has 0 bridgehead atoms. The summed E-state index contributed by atoms with van der Waals surface area (Å²) in [4.78, 5) is 9.42. The fraction of sp³-hybridized carbons (Fsp3) is 0.0769. The summed E-state index contributed by atoms with van der Waals surface area (Å²) in [5.41, 5.74) is 3.76. The molecule has 1 aromatic carbocycles. The predicted molar refractivity (Wildman–Crippen MR) is 75.4 cm³/mol. The number of nitrogen functional groups attached to an aromatic ring is 1. The Morgan fingerprint density at radius 2 is 2.11 bits per heavy atom. The van der Waals surface area contributed by atoms with Crippen LogP contribution < -0.4 is 11.3 Å². The average molecular weight is 274 g/mol. The summed E-state index contributed by atoms with van der Waals surface area (Å²) >= 11 is 1.47. The van der Waals surface area contributed by atoms with E-state index in [4.69, 9.17) is 5.84 Å². The van der Waals surface area contributed by atoms with E-state index in [0.29, 0.717) is 17.2 Å². The van der Waals surface area contributed by atoms with Crippen molar-refractivity contribution < 1.29 is 4.39 Å². The number of hydrogen-bond donors (Lipinski definition) is 2.